The van der Waals surface area contributed by atoms with E-state index in [1.54, 1.807) is 0 Å². The zero-order valence-corrected chi connectivity index (χ0v) is 18.7. The van der Waals surface area contributed by atoms with Crippen LogP contribution in [-0.2, 0) is 13.0 Å². The number of likely N-dealkylation sites (N-methyl/N-ethyl adjacent to an activating group) is 1. The van der Waals surface area contributed by atoms with E-state index in [9.17, 15) is 0 Å². The molecule has 2 aromatic rings. The summed E-state index contributed by atoms with van der Waals surface area (Å²) in [5.41, 5.74) is 2.31. The SMILES string of the molecule is CCNC(=NCc1ccnc(N2CCN(CC)CC2)c1)NCCc1ccc(Cl)nc1. The first kappa shape index (κ1) is 22.3. The number of halogens is 1. The molecule has 162 valence electrons. The van der Waals surface area contributed by atoms with Gasteiger partial charge in [-0.3, -0.25) is 0 Å². The first-order chi connectivity index (χ1) is 14.7. The molecule has 3 rings (SSSR count). The number of anilines is 1. The van der Waals surface area contributed by atoms with Crippen LogP contribution in [0.1, 0.15) is 25.0 Å². The Kier molecular flexibility index (Phi) is 8.71. The minimum atomic E-state index is 0.519. The molecule has 0 radical (unpaired) electrons. The van der Waals surface area contributed by atoms with Gasteiger partial charge in [0.1, 0.15) is 11.0 Å². The lowest BCUT2D eigenvalue weighted by atomic mass is 10.2. The van der Waals surface area contributed by atoms with Crippen molar-refractivity contribution >= 4 is 23.4 Å². The first-order valence-electron chi connectivity index (χ1n) is 10.7. The fourth-order valence-corrected chi connectivity index (χ4v) is 3.53. The van der Waals surface area contributed by atoms with Crippen LogP contribution < -0.4 is 15.5 Å². The van der Waals surface area contributed by atoms with E-state index >= 15 is 0 Å². The van der Waals surface area contributed by atoms with Gasteiger partial charge in [0.25, 0.3) is 0 Å². The molecule has 1 aliphatic heterocycles. The summed E-state index contributed by atoms with van der Waals surface area (Å²) in [6, 6.07) is 8.02. The van der Waals surface area contributed by atoms with Crippen LogP contribution in [0.2, 0.25) is 5.15 Å². The Hall–Kier alpha value is -2.38. The molecule has 3 heterocycles. The van der Waals surface area contributed by atoms with Crippen molar-refractivity contribution in [3.8, 4) is 0 Å². The largest absolute Gasteiger partial charge is 0.357 e. The molecule has 0 atom stereocenters. The number of hydrogen-bond donors (Lipinski definition) is 2. The maximum absolute atomic E-state index is 5.85. The lowest BCUT2D eigenvalue weighted by molar-refractivity contribution is 0.270. The predicted octanol–water partition coefficient (Wildman–Crippen LogP) is 2.57. The number of aromatic nitrogens is 2. The maximum atomic E-state index is 5.85. The van der Waals surface area contributed by atoms with Crippen molar-refractivity contribution in [1.82, 2.24) is 25.5 Å². The molecule has 7 nitrogen and oxygen atoms in total. The molecule has 0 unspecified atom stereocenters. The predicted molar refractivity (Wildman–Crippen MR) is 124 cm³/mol. The molecule has 1 fully saturated rings. The molecule has 0 amide bonds. The molecular weight excluding hydrogens is 398 g/mol. The molecule has 0 aliphatic carbocycles. The third-order valence-electron chi connectivity index (χ3n) is 5.21. The Balaban J connectivity index is 1.54. The Bertz CT molecular complexity index is 801. The van der Waals surface area contributed by atoms with Crippen molar-refractivity contribution in [2.45, 2.75) is 26.8 Å². The third kappa shape index (κ3) is 6.85. The van der Waals surface area contributed by atoms with E-state index in [0.29, 0.717) is 11.7 Å². The highest BCUT2D eigenvalue weighted by Gasteiger charge is 2.16. The second-order valence-electron chi connectivity index (χ2n) is 7.30. The summed E-state index contributed by atoms with van der Waals surface area (Å²) < 4.78 is 0. The second-order valence-corrected chi connectivity index (χ2v) is 7.69. The summed E-state index contributed by atoms with van der Waals surface area (Å²) in [5, 5.41) is 7.22. The van der Waals surface area contributed by atoms with Crippen LogP contribution >= 0.6 is 11.6 Å². The highest BCUT2D eigenvalue weighted by Crippen LogP contribution is 2.15. The summed E-state index contributed by atoms with van der Waals surface area (Å²) in [6.07, 6.45) is 4.56. The van der Waals surface area contributed by atoms with Crippen LogP contribution in [0.4, 0.5) is 5.82 Å². The van der Waals surface area contributed by atoms with Gasteiger partial charge in [0.2, 0.25) is 0 Å². The molecule has 1 aliphatic rings. The fraction of sp³-hybridized carbons (Fsp3) is 0.500. The smallest absolute Gasteiger partial charge is 0.191 e. The molecule has 0 aromatic carbocycles. The zero-order valence-electron chi connectivity index (χ0n) is 17.9. The number of nitrogens with one attached hydrogen (secondary N) is 2. The standard InChI is InChI=1S/C22H32ClN7/c1-3-24-22(26-10-7-18-5-6-20(23)27-16-18)28-17-19-8-9-25-21(15-19)30-13-11-29(4-2)12-14-30/h5-6,8-9,15-16H,3-4,7,10-14,17H2,1-2H3,(H2,24,26,28). The third-order valence-corrected chi connectivity index (χ3v) is 5.44. The van der Waals surface area contributed by atoms with E-state index in [4.69, 9.17) is 16.6 Å². The van der Waals surface area contributed by atoms with Crippen molar-refractivity contribution < 1.29 is 0 Å². The molecule has 30 heavy (non-hydrogen) atoms. The van der Waals surface area contributed by atoms with Gasteiger partial charge in [0.05, 0.1) is 6.54 Å². The van der Waals surface area contributed by atoms with Gasteiger partial charge in [-0.15, -0.1) is 0 Å². The summed E-state index contributed by atoms with van der Waals surface area (Å²) in [6.45, 7) is 11.9. The normalized spacial score (nSPS) is 15.3. The number of piperazine rings is 1. The van der Waals surface area contributed by atoms with E-state index in [2.05, 4.69) is 50.3 Å². The molecule has 1 saturated heterocycles. The van der Waals surface area contributed by atoms with Crippen molar-refractivity contribution in [2.75, 3.05) is 50.7 Å². The lowest BCUT2D eigenvalue weighted by Gasteiger charge is -2.34. The molecule has 0 bridgehead atoms. The summed E-state index contributed by atoms with van der Waals surface area (Å²) >= 11 is 5.85. The second kappa shape index (κ2) is 11.7. The topological polar surface area (TPSA) is 68.7 Å². The van der Waals surface area contributed by atoms with Crippen LogP contribution in [0.25, 0.3) is 0 Å². The lowest BCUT2D eigenvalue weighted by Crippen LogP contribution is -2.46. The van der Waals surface area contributed by atoms with Gasteiger partial charge >= 0.3 is 0 Å². The highest BCUT2D eigenvalue weighted by atomic mass is 35.5. The Morgan fingerprint density at radius 3 is 2.60 bits per heavy atom. The highest BCUT2D eigenvalue weighted by molar-refractivity contribution is 6.29. The van der Waals surface area contributed by atoms with Gasteiger partial charge in [0, 0.05) is 51.7 Å². The minimum absolute atomic E-state index is 0.519. The van der Waals surface area contributed by atoms with Gasteiger partial charge in [-0.1, -0.05) is 24.6 Å². The minimum Gasteiger partial charge on any atom is -0.357 e. The summed E-state index contributed by atoms with van der Waals surface area (Å²) in [7, 11) is 0. The van der Waals surface area contributed by atoms with E-state index in [1.807, 2.05) is 30.6 Å². The van der Waals surface area contributed by atoms with Crippen molar-refractivity contribution in [2.24, 2.45) is 4.99 Å². The number of rotatable bonds is 8. The monoisotopic (exact) mass is 429 g/mol. The van der Waals surface area contributed by atoms with Crippen LogP contribution in [0.5, 0.6) is 0 Å². The Morgan fingerprint density at radius 1 is 1.07 bits per heavy atom. The van der Waals surface area contributed by atoms with Crippen molar-refractivity contribution in [3.05, 3.63) is 52.9 Å². The van der Waals surface area contributed by atoms with Gasteiger partial charge in [-0.05, 0) is 49.2 Å². The van der Waals surface area contributed by atoms with E-state index < -0.39 is 0 Å². The Morgan fingerprint density at radius 2 is 1.90 bits per heavy atom. The Labute approximate surface area is 184 Å². The molecular formula is C22H32ClN7. The van der Waals surface area contributed by atoms with Crippen LogP contribution in [-0.4, -0.2) is 66.6 Å². The van der Waals surface area contributed by atoms with Gasteiger partial charge in [0.15, 0.2) is 5.96 Å². The first-order valence-corrected chi connectivity index (χ1v) is 11.1. The van der Waals surface area contributed by atoms with E-state index in [0.717, 1.165) is 75.1 Å². The van der Waals surface area contributed by atoms with Crippen LogP contribution in [0, 0.1) is 0 Å². The molecule has 0 spiro atoms. The number of pyridine rings is 2. The molecule has 2 N–H and O–H groups in total. The average Bonchev–Trinajstić information content (AvgIpc) is 2.79. The van der Waals surface area contributed by atoms with Crippen LogP contribution in [0.3, 0.4) is 0 Å². The summed E-state index contributed by atoms with van der Waals surface area (Å²) in [4.78, 5) is 18.3. The van der Waals surface area contributed by atoms with E-state index in [1.165, 1.54) is 0 Å². The van der Waals surface area contributed by atoms with Gasteiger partial charge < -0.3 is 20.4 Å². The zero-order chi connectivity index (χ0) is 21.2. The fourth-order valence-electron chi connectivity index (χ4n) is 3.42. The van der Waals surface area contributed by atoms with Crippen molar-refractivity contribution in [1.29, 1.82) is 0 Å². The van der Waals surface area contributed by atoms with Gasteiger partial charge in [-0.2, -0.15) is 0 Å². The van der Waals surface area contributed by atoms with Gasteiger partial charge in [-0.25, -0.2) is 15.0 Å². The number of guanidine groups is 1. The van der Waals surface area contributed by atoms with Crippen molar-refractivity contribution in [3.63, 3.8) is 0 Å². The molecule has 2 aromatic heterocycles. The number of aliphatic imine (C=N–C) groups is 1. The number of hydrogen-bond acceptors (Lipinski definition) is 5. The number of nitrogens with zero attached hydrogens (tertiary/aromatic N) is 5. The molecule has 0 saturated carbocycles. The molecule has 8 heteroatoms. The van der Waals surface area contributed by atoms with E-state index in [-0.39, 0.29) is 0 Å². The average molecular weight is 430 g/mol. The summed E-state index contributed by atoms with van der Waals surface area (Å²) in [5.74, 6) is 1.86. The maximum Gasteiger partial charge on any atom is 0.191 e. The van der Waals surface area contributed by atoms with Crippen LogP contribution in [0.15, 0.2) is 41.7 Å². The quantitative estimate of drug-likeness (QED) is 0.382.